The lowest BCUT2D eigenvalue weighted by Gasteiger charge is -2.05. The molecule has 0 aromatic heterocycles. The van der Waals surface area contributed by atoms with Gasteiger partial charge in [-0.05, 0) is 0 Å². The molecule has 0 spiro atoms. The zero-order valence-electron chi connectivity index (χ0n) is 13.9. The molecular formula is C15H36N2O6. The maximum atomic E-state index is 10.8. The summed E-state index contributed by atoms with van der Waals surface area (Å²) in [4.78, 5) is 30.5. The van der Waals surface area contributed by atoms with Gasteiger partial charge in [0.25, 0.3) is 0 Å². The molecule has 23 heavy (non-hydrogen) atoms. The van der Waals surface area contributed by atoms with Gasteiger partial charge in [-0.1, -0.05) is 28.7 Å². The zero-order valence-corrected chi connectivity index (χ0v) is 13.9. The summed E-state index contributed by atoms with van der Waals surface area (Å²) in [6, 6.07) is 0. The molecule has 0 bridgehead atoms. The second-order valence-corrected chi connectivity index (χ2v) is 3.66. The normalized spacial score (nSPS) is 8.83. The van der Waals surface area contributed by atoms with Crippen LogP contribution >= 0.6 is 0 Å². The zero-order chi connectivity index (χ0) is 17.3. The van der Waals surface area contributed by atoms with Crippen LogP contribution in [0, 0.1) is 5.92 Å². The highest BCUT2D eigenvalue weighted by molar-refractivity contribution is 5.80. The summed E-state index contributed by atoms with van der Waals surface area (Å²) in [5.74, 6) is 0.344. The second-order valence-electron chi connectivity index (χ2n) is 3.66. The lowest BCUT2D eigenvalue weighted by Crippen LogP contribution is -2.16. The molecule has 0 aliphatic carbocycles. The monoisotopic (exact) mass is 340 g/mol. The van der Waals surface area contributed by atoms with E-state index in [1.54, 1.807) is 7.11 Å². The number of hydrogen-bond acceptors (Lipinski definition) is 6. The third kappa shape index (κ3) is 28.9. The molecule has 1 unspecified atom stereocenters. The van der Waals surface area contributed by atoms with Crippen molar-refractivity contribution in [2.75, 3.05) is 42.0 Å². The van der Waals surface area contributed by atoms with Gasteiger partial charge in [0, 0.05) is 33.5 Å². The highest BCUT2D eigenvalue weighted by Crippen LogP contribution is 1.99. The second kappa shape index (κ2) is 25.1. The van der Waals surface area contributed by atoms with Crippen molar-refractivity contribution in [2.24, 2.45) is 5.92 Å². The molecule has 8 nitrogen and oxygen atoms in total. The van der Waals surface area contributed by atoms with Crippen molar-refractivity contribution in [3.8, 4) is 0 Å². The van der Waals surface area contributed by atoms with Gasteiger partial charge in [0.15, 0.2) is 0 Å². The van der Waals surface area contributed by atoms with Gasteiger partial charge in [0.1, 0.15) is 5.78 Å². The lowest BCUT2D eigenvalue weighted by molar-refractivity contribution is -0.123. The van der Waals surface area contributed by atoms with Gasteiger partial charge in [0.2, 0.25) is 0 Å². The Morgan fingerprint density at radius 3 is 1.39 bits per heavy atom. The van der Waals surface area contributed by atoms with Gasteiger partial charge >= 0.3 is 12.2 Å². The molecule has 0 aromatic rings. The molecule has 0 aliphatic heterocycles. The molecule has 0 radical (unpaired) electrons. The minimum atomic E-state index is -0.407. The van der Waals surface area contributed by atoms with Crippen molar-refractivity contribution >= 4 is 18.0 Å². The number of ketones is 1. The molecule has 0 heterocycles. The Bertz CT molecular complexity index is 257. The molecular weight excluding hydrogens is 304 g/mol. The first-order chi connectivity index (χ1) is 9.83. The van der Waals surface area contributed by atoms with E-state index in [9.17, 15) is 14.4 Å². The number of alkyl carbamates (subject to hydrolysis) is 2. The summed E-state index contributed by atoms with van der Waals surface area (Å²) < 4.78 is 13.1. The number of nitrogens with one attached hydrogen (secondary N) is 2. The summed E-state index contributed by atoms with van der Waals surface area (Å²) in [6.45, 7) is 4.30. The van der Waals surface area contributed by atoms with Crippen LogP contribution in [-0.2, 0) is 19.0 Å². The van der Waals surface area contributed by atoms with E-state index in [2.05, 4.69) is 20.1 Å². The Kier molecular flexibility index (Phi) is 36.0. The van der Waals surface area contributed by atoms with E-state index in [-0.39, 0.29) is 26.6 Å². The van der Waals surface area contributed by atoms with Gasteiger partial charge in [-0.2, -0.15) is 0 Å². The predicted molar refractivity (Wildman–Crippen MR) is 92.7 cm³/mol. The number of Topliss-reactive ketones (excluding diaryl/α,β-unsaturated/α-hetero) is 1. The number of methoxy groups -OCH3 is 3. The molecule has 0 fully saturated rings. The minimum Gasteiger partial charge on any atom is -0.453 e. The Labute approximate surface area is 141 Å². The quantitative estimate of drug-likeness (QED) is 0.815. The number of carbonyl (C=O) groups excluding carboxylic acids is 3. The van der Waals surface area contributed by atoms with Crippen LogP contribution in [0.5, 0.6) is 0 Å². The van der Waals surface area contributed by atoms with Crippen molar-refractivity contribution in [3.63, 3.8) is 0 Å². The minimum absolute atomic E-state index is 0. The number of carbonyl (C=O) groups is 3. The van der Waals surface area contributed by atoms with E-state index >= 15 is 0 Å². The Hall–Kier alpha value is -1.83. The number of hydrogen-bond donors (Lipinski definition) is 2. The van der Waals surface area contributed by atoms with Crippen LogP contribution in [-0.4, -0.2) is 60.0 Å². The molecule has 142 valence electrons. The van der Waals surface area contributed by atoms with Crippen LogP contribution in [0.15, 0.2) is 0 Å². The van der Waals surface area contributed by atoms with E-state index in [4.69, 9.17) is 4.74 Å². The molecule has 0 aliphatic rings. The van der Waals surface area contributed by atoms with Crippen LogP contribution in [0.1, 0.15) is 35.1 Å². The number of ether oxygens (including phenoxy) is 3. The van der Waals surface area contributed by atoms with Crippen molar-refractivity contribution in [2.45, 2.75) is 35.1 Å². The van der Waals surface area contributed by atoms with Gasteiger partial charge in [-0.25, -0.2) is 9.59 Å². The van der Waals surface area contributed by atoms with Crippen molar-refractivity contribution < 1.29 is 28.6 Å². The van der Waals surface area contributed by atoms with Gasteiger partial charge in [-0.15, -0.1) is 0 Å². The summed E-state index contributed by atoms with van der Waals surface area (Å²) in [5.41, 5.74) is 0. The molecule has 8 heteroatoms. The van der Waals surface area contributed by atoms with Crippen molar-refractivity contribution in [3.05, 3.63) is 0 Å². The lowest BCUT2D eigenvalue weighted by atomic mass is 10.1. The summed E-state index contributed by atoms with van der Waals surface area (Å²) in [7, 11) is 7.26. The first kappa shape index (κ1) is 32.9. The Balaban J connectivity index is -0.0000000696. The SMILES string of the molecule is C.C.CCC(=O)C(C)COC.CNC(=O)OC.CNC(=O)OC. The molecule has 0 aromatic carbocycles. The van der Waals surface area contributed by atoms with Crippen LogP contribution < -0.4 is 10.6 Å². The summed E-state index contributed by atoms with van der Waals surface area (Å²) in [5, 5.41) is 4.51. The highest BCUT2D eigenvalue weighted by atomic mass is 16.5. The topological polar surface area (TPSA) is 103 Å². The molecule has 0 saturated heterocycles. The maximum absolute atomic E-state index is 10.8. The summed E-state index contributed by atoms with van der Waals surface area (Å²) >= 11 is 0. The van der Waals surface area contributed by atoms with Crippen molar-refractivity contribution in [1.82, 2.24) is 10.6 Å². The largest absolute Gasteiger partial charge is 0.453 e. The third-order valence-corrected chi connectivity index (χ3v) is 2.09. The van der Waals surface area contributed by atoms with Gasteiger partial charge in [-0.3, -0.25) is 4.79 Å². The fourth-order valence-corrected chi connectivity index (χ4v) is 0.896. The maximum Gasteiger partial charge on any atom is 0.406 e. The first-order valence-electron chi connectivity index (χ1n) is 6.37. The molecule has 0 saturated carbocycles. The first-order valence-corrected chi connectivity index (χ1v) is 6.37. The molecule has 0 rings (SSSR count). The van der Waals surface area contributed by atoms with Crippen molar-refractivity contribution in [1.29, 1.82) is 0 Å². The van der Waals surface area contributed by atoms with Crippen LogP contribution in [0.25, 0.3) is 0 Å². The van der Waals surface area contributed by atoms with Crippen LogP contribution in [0.3, 0.4) is 0 Å². The van der Waals surface area contributed by atoms with E-state index in [0.29, 0.717) is 13.0 Å². The average molecular weight is 340 g/mol. The highest BCUT2D eigenvalue weighted by Gasteiger charge is 2.08. The Morgan fingerprint density at radius 2 is 1.26 bits per heavy atom. The Morgan fingerprint density at radius 1 is 0.913 bits per heavy atom. The fourth-order valence-electron chi connectivity index (χ4n) is 0.896. The molecule has 2 amide bonds. The van der Waals surface area contributed by atoms with Crippen LogP contribution in [0.2, 0.25) is 0 Å². The van der Waals surface area contributed by atoms with Gasteiger partial charge in [0.05, 0.1) is 20.8 Å². The molecule has 1 atom stereocenters. The summed E-state index contributed by atoms with van der Waals surface area (Å²) in [6.07, 6.45) is -0.199. The third-order valence-electron chi connectivity index (χ3n) is 2.09. The molecule has 2 N–H and O–H groups in total. The standard InChI is InChI=1S/C7H14O2.2C3H7NO2.2CH4/c1-4-7(8)6(2)5-9-3;2*1-4-3(5)6-2;;/h6H,4-5H2,1-3H3;2*1-2H3,(H,4,5);2*1H4. The van der Waals surface area contributed by atoms with Crippen LogP contribution in [0.4, 0.5) is 9.59 Å². The average Bonchev–Trinajstić information content (AvgIpc) is 2.53. The van der Waals surface area contributed by atoms with E-state index in [1.165, 1.54) is 28.3 Å². The smallest absolute Gasteiger partial charge is 0.406 e. The van der Waals surface area contributed by atoms with E-state index in [1.807, 2.05) is 13.8 Å². The predicted octanol–water partition coefficient (Wildman–Crippen LogP) is 2.46. The number of rotatable bonds is 4. The van der Waals surface area contributed by atoms with E-state index < -0.39 is 12.2 Å². The fraction of sp³-hybridized carbons (Fsp3) is 0.800. The van der Waals surface area contributed by atoms with Gasteiger partial charge < -0.3 is 24.8 Å². The number of amides is 2. The van der Waals surface area contributed by atoms with E-state index in [0.717, 1.165) is 0 Å².